The van der Waals surface area contributed by atoms with Crippen LogP contribution in [0.25, 0.3) is 6.08 Å². The zero-order valence-electron chi connectivity index (χ0n) is 12.1. The van der Waals surface area contributed by atoms with Crippen LogP contribution in [0.3, 0.4) is 0 Å². The summed E-state index contributed by atoms with van der Waals surface area (Å²) in [7, 11) is 0. The van der Waals surface area contributed by atoms with Crippen molar-refractivity contribution in [2.75, 3.05) is 6.54 Å². The fourth-order valence-corrected chi connectivity index (χ4v) is 3.36. The molecule has 116 valence electrons. The fraction of sp³-hybridized carbons (Fsp3) is 0.467. The van der Waals surface area contributed by atoms with Gasteiger partial charge in [0.25, 0.3) is 0 Å². The molecule has 0 fully saturated rings. The van der Waals surface area contributed by atoms with Crippen molar-refractivity contribution in [2.45, 2.75) is 26.7 Å². The van der Waals surface area contributed by atoms with Crippen LogP contribution in [0, 0.1) is 11.8 Å². The van der Waals surface area contributed by atoms with Gasteiger partial charge in [0.2, 0.25) is 5.91 Å². The van der Waals surface area contributed by atoms with E-state index in [0.29, 0.717) is 12.5 Å². The summed E-state index contributed by atoms with van der Waals surface area (Å²) >= 11 is 4.91. The van der Waals surface area contributed by atoms with Gasteiger partial charge >= 0.3 is 5.97 Å². The average molecular weight is 374 g/mol. The molecule has 21 heavy (non-hydrogen) atoms. The average Bonchev–Trinajstić information content (AvgIpc) is 2.78. The molecular formula is C15H20BrNO3S. The largest absolute Gasteiger partial charge is 0.481 e. The van der Waals surface area contributed by atoms with Crippen LogP contribution in [-0.2, 0) is 9.59 Å². The van der Waals surface area contributed by atoms with Crippen molar-refractivity contribution >= 4 is 45.2 Å². The number of carboxylic acids is 1. The van der Waals surface area contributed by atoms with Crippen LogP contribution in [0.2, 0.25) is 0 Å². The molecule has 1 aromatic rings. The zero-order chi connectivity index (χ0) is 15.8. The highest BCUT2D eigenvalue weighted by Gasteiger charge is 2.15. The molecular weight excluding hydrogens is 354 g/mol. The van der Waals surface area contributed by atoms with Crippen molar-refractivity contribution in [3.05, 3.63) is 26.9 Å². The summed E-state index contributed by atoms with van der Waals surface area (Å²) in [6, 6.07) is 3.85. The highest BCUT2D eigenvalue weighted by atomic mass is 79.9. The minimum atomic E-state index is -0.825. The van der Waals surface area contributed by atoms with Crippen molar-refractivity contribution in [1.82, 2.24) is 5.32 Å². The van der Waals surface area contributed by atoms with E-state index in [2.05, 4.69) is 21.2 Å². The summed E-state index contributed by atoms with van der Waals surface area (Å²) in [4.78, 5) is 23.6. The number of carbonyl (C=O) groups excluding carboxylic acids is 1. The molecule has 6 heteroatoms. The van der Waals surface area contributed by atoms with Gasteiger partial charge in [0, 0.05) is 23.9 Å². The predicted octanol–water partition coefficient (Wildman–Crippen LogP) is 3.78. The van der Waals surface area contributed by atoms with Gasteiger partial charge in [-0.3, -0.25) is 9.59 Å². The Morgan fingerprint density at radius 2 is 2.14 bits per heavy atom. The molecule has 1 unspecified atom stereocenters. The van der Waals surface area contributed by atoms with Gasteiger partial charge in [-0.15, -0.1) is 11.3 Å². The maximum atomic E-state index is 11.7. The lowest BCUT2D eigenvalue weighted by Gasteiger charge is -2.17. The molecule has 2 N–H and O–H groups in total. The first-order valence-corrected chi connectivity index (χ1v) is 8.40. The number of aliphatic carboxylic acids is 1. The Morgan fingerprint density at radius 1 is 1.43 bits per heavy atom. The van der Waals surface area contributed by atoms with E-state index in [1.165, 1.54) is 6.08 Å². The molecule has 4 nitrogen and oxygen atoms in total. The molecule has 0 radical (unpaired) electrons. The Bertz CT molecular complexity index is 511. The van der Waals surface area contributed by atoms with Gasteiger partial charge in [0.05, 0.1) is 3.79 Å². The van der Waals surface area contributed by atoms with Crippen molar-refractivity contribution in [3.8, 4) is 0 Å². The van der Waals surface area contributed by atoms with E-state index < -0.39 is 5.97 Å². The SMILES string of the molecule is CC(C)CC(CNC(=O)C=Cc1ccc(Br)s1)CC(=O)O. The van der Waals surface area contributed by atoms with E-state index in [9.17, 15) is 9.59 Å². The maximum absolute atomic E-state index is 11.7. The number of hydrogen-bond donors (Lipinski definition) is 2. The molecule has 0 spiro atoms. The van der Waals surface area contributed by atoms with Crippen molar-refractivity contribution in [1.29, 1.82) is 0 Å². The van der Waals surface area contributed by atoms with Gasteiger partial charge in [-0.2, -0.15) is 0 Å². The highest BCUT2D eigenvalue weighted by Crippen LogP contribution is 2.22. The molecule has 1 atom stereocenters. The van der Waals surface area contributed by atoms with Crippen molar-refractivity contribution < 1.29 is 14.7 Å². The molecule has 0 bridgehead atoms. The molecule has 0 saturated carbocycles. The van der Waals surface area contributed by atoms with E-state index >= 15 is 0 Å². The molecule has 0 aliphatic heterocycles. The summed E-state index contributed by atoms with van der Waals surface area (Å²) in [5, 5.41) is 11.7. The molecule has 1 aromatic heterocycles. The number of halogens is 1. The predicted molar refractivity (Wildman–Crippen MR) is 89.3 cm³/mol. The Morgan fingerprint density at radius 3 is 2.67 bits per heavy atom. The second kappa shape index (κ2) is 9.00. The number of hydrogen-bond acceptors (Lipinski definition) is 3. The first-order valence-electron chi connectivity index (χ1n) is 6.80. The lowest BCUT2D eigenvalue weighted by molar-refractivity contribution is -0.138. The molecule has 0 aromatic carbocycles. The normalized spacial score (nSPS) is 12.8. The summed E-state index contributed by atoms with van der Waals surface area (Å²) < 4.78 is 1.01. The van der Waals surface area contributed by atoms with Crippen molar-refractivity contribution in [2.24, 2.45) is 11.8 Å². The molecule has 0 aliphatic rings. The lowest BCUT2D eigenvalue weighted by Crippen LogP contribution is -2.29. The van der Waals surface area contributed by atoms with Gasteiger partial charge in [0.15, 0.2) is 0 Å². The number of nitrogens with one attached hydrogen (secondary N) is 1. The van der Waals surface area contributed by atoms with Crippen LogP contribution >= 0.6 is 27.3 Å². The highest BCUT2D eigenvalue weighted by molar-refractivity contribution is 9.11. The molecule has 0 aliphatic carbocycles. The van der Waals surface area contributed by atoms with Crippen LogP contribution < -0.4 is 5.32 Å². The first kappa shape index (κ1) is 17.9. The Hall–Kier alpha value is -1.14. The minimum absolute atomic E-state index is 0.0317. The fourth-order valence-electron chi connectivity index (χ4n) is 2.03. The number of thiophene rings is 1. The lowest BCUT2D eigenvalue weighted by atomic mass is 9.94. The third kappa shape index (κ3) is 8.02. The summed E-state index contributed by atoms with van der Waals surface area (Å²) in [6.45, 7) is 4.48. The van der Waals surface area contributed by atoms with E-state index in [-0.39, 0.29) is 18.2 Å². The maximum Gasteiger partial charge on any atom is 0.303 e. The molecule has 1 heterocycles. The van der Waals surface area contributed by atoms with Crippen molar-refractivity contribution in [3.63, 3.8) is 0 Å². The number of rotatable bonds is 8. The number of carboxylic acid groups (broad SMARTS) is 1. The first-order chi connectivity index (χ1) is 9.86. The summed E-state index contributed by atoms with van der Waals surface area (Å²) in [5.41, 5.74) is 0. The van der Waals surface area contributed by atoms with Crippen LogP contribution in [0.15, 0.2) is 22.0 Å². The van der Waals surface area contributed by atoms with Gasteiger partial charge in [-0.05, 0) is 52.4 Å². The van der Waals surface area contributed by atoms with Crippen LogP contribution in [0.1, 0.15) is 31.6 Å². The van der Waals surface area contributed by atoms with E-state index in [1.54, 1.807) is 17.4 Å². The van der Waals surface area contributed by atoms with Crippen LogP contribution in [-0.4, -0.2) is 23.5 Å². The van der Waals surface area contributed by atoms with E-state index in [1.807, 2.05) is 26.0 Å². The third-order valence-electron chi connectivity index (χ3n) is 2.83. The standard InChI is InChI=1S/C15H20BrNO3S/c1-10(2)7-11(8-15(19)20)9-17-14(18)6-4-12-3-5-13(16)21-12/h3-6,10-11H,7-9H2,1-2H3,(H,17,18)(H,19,20). The van der Waals surface area contributed by atoms with Crippen LogP contribution in [0.5, 0.6) is 0 Å². The molecule has 0 saturated heterocycles. The van der Waals surface area contributed by atoms with E-state index in [0.717, 1.165) is 15.1 Å². The number of carbonyl (C=O) groups is 2. The second-order valence-corrected chi connectivity index (χ2v) is 7.81. The minimum Gasteiger partial charge on any atom is -0.481 e. The van der Waals surface area contributed by atoms with Gasteiger partial charge in [-0.25, -0.2) is 0 Å². The Labute approximate surface area is 137 Å². The van der Waals surface area contributed by atoms with E-state index in [4.69, 9.17) is 5.11 Å². The summed E-state index contributed by atoms with van der Waals surface area (Å²) in [6.07, 6.45) is 4.10. The third-order valence-corrected chi connectivity index (χ3v) is 4.41. The zero-order valence-corrected chi connectivity index (χ0v) is 14.5. The number of amides is 1. The molecule has 1 amide bonds. The second-order valence-electron chi connectivity index (χ2n) is 5.31. The Balaban J connectivity index is 2.45. The van der Waals surface area contributed by atoms with Gasteiger partial charge < -0.3 is 10.4 Å². The van der Waals surface area contributed by atoms with Crippen LogP contribution in [0.4, 0.5) is 0 Å². The Kier molecular flexibility index (Phi) is 7.67. The molecule has 1 rings (SSSR count). The quantitative estimate of drug-likeness (QED) is 0.681. The summed E-state index contributed by atoms with van der Waals surface area (Å²) in [5.74, 6) is -0.645. The topological polar surface area (TPSA) is 66.4 Å². The monoisotopic (exact) mass is 373 g/mol. The van der Waals surface area contributed by atoms with Gasteiger partial charge in [0.1, 0.15) is 0 Å². The van der Waals surface area contributed by atoms with Gasteiger partial charge in [-0.1, -0.05) is 13.8 Å². The smallest absolute Gasteiger partial charge is 0.303 e.